The van der Waals surface area contributed by atoms with E-state index in [1.165, 1.54) is 0 Å². The van der Waals surface area contributed by atoms with Crippen molar-refractivity contribution in [2.24, 2.45) is 0 Å². The highest BCUT2D eigenvalue weighted by molar-refractivity contribution is 5.22. The number of nitrogens with zero attached hydrogens (tertiary/aromatic N) is 3. The monoisotopic (exact) mass is 259 g/mol. The van der Waals surface area contributed by atoms with Crippen molar-refractivity contribution in [3.63, 3.8) is 0 Å². The molecule has 19 heavy (non-hydrogen) atoms. The SMILES string of the molecule is CCc1cc(CC(O)c2ncccc2C)n(CC)n1. The molecule has 4 nitrogen and oxygen atoms in total. The first-order valence-corrected chi connectivity index (χ1v) is 6.80. The summed E-state index contributed by atoms with van der Waals surface area (Å²) in [5.74, 6) is 0. The second kappa shape index (κ2) is 5.97. The van der Waals surface area contributed by atoms with Crippen molar-refractivity contribution in [2.45, 2.75) is 46.3 Å². The van der Waals surface area contributed by atoms with Gasteiger partial charge in [0.25, 0.3) is 0 Å². The van der Waals surface area contributed by atoms with Crippen LogP contribution in [0.2, 0.25) is 0 Å². The van der Waals surface area contributed by atoms with Gasteiger partial charge in [-0.1, -0.05) is 13.0 Å². The molecule has 1 atom stereocenters. The third-order valence-electron chi connectivity index (χ3n) is 3.34. The van der Waals surface area contributed by atoms with Gasteiger partial charge >= 0.3 is 0 Å². The second-order valence-electron chi connectivity index (χ2n) is 4.72. The first-order chi connectivity index (χ1) is 9.15. The molecular weight excluding hydrogens is 238 g/mol. The number of aryl methyl sites for hydroxylation is 3. The first kappa shape index (κ1) is 13.7. The molecular formula is C15H21N3O. The average molecular weight is 259 g/mol. The highest BCUT2D eigenvalue weighted by atomic mass is 16.3. The maximum Gasteiger partial charge on any atom is 0.102 e. The highest BCUT2D eigenvalue weighted by Gasteiger charge is 2.15. The molecule has 0 bridgehead atoms. The van der Waals surface area contributed by atoms with Crippen molar-refractivity contribution in [3.05, 3.63) is 47.0 Å². The minimum absolute atomic E-state index is 0.554. The van der Waals surface area contributed by atoms with E-state index in [1.807, 2.05) is 23.7 Å². The predicted octanol–water partition coefficient (Wildman–Crippen LogP) is 2.44. The van der Waals surface area contributed by atoms with E-state index < -0.39 is 6.10 Å². The second-order valence-corrected chi connectivity index (χ2v) is 4.72. The number of aliphatic hydroxyl groups is 1. The number of aliphatic hydroxyl groups excluding tert-OH is 1. The van der Waals surface area contributed by atoms with Crippen LogP contribution in [-0.2, 0) is 19.4 Å². The Kier molecular flexibility index (Phi) is 4.32. The maximum absolute atomic E-state index is 10.4. The normalized spacial score (nSPS) is 12.6. The molecule has 0 spiro atoms. The van der Waals surface area contributed by atoms with Gasteiger partial charge < -0.3 is 5.11 Å². The van der Waals surface area contributed by atoms with Crippen LogP contribution in [0.25, 0.3) is 0 Å². The van der Waals surface area contributed by atoms with E-state index in [4.69, 9.17) is 0 Å². The van der Waals surface area contributed by atoms with Gasteiger partial charge in [0.1, 0.15) is 6.10 Å². The van der Waals surface area contributed by atoms with Gasteiger partial charge in [0.05, 0.1) is 11.4 Å². The van der Waals surface area contributed by atoms with Crippen molar-refractivity contribution in [3.8, 4) is 0 Å². The van der Waals surface area contributed by atoms with E-state index in [2.05, 4.69) is 30.0 Å². The predicted molar refractivity (Wildman–Crippen MR) is 74.9 cm³/mol. The van der Waals surface area contributed by atoms with E-state index in [-0.39, 0.29) is 0 Å². The Labute approximate surface area is 114 Å². The fourth-order valence-corrected chi connectivity index (χ4v) is 2.27. The molecule has 1 unspecified atom stereocenters. The molecule has 4 heteroatoms. The Hall–Kier alpha value is -1.68. The largest absolute Gasteiger partial charge is 0.386 e. The van der Waals surface area contributed by atoms with Crippen LogP contribution in [0.1, 0.15) is 42.6 Å². The van der Waals surface area contributed by atoms with Crippen LogP contribution >= 0.6 is 0 Å². The van der Waals surface area contributed by atoms with Crippen LogP contribution in [0.4, 0.5) is 0 Å². The zero-order chi connectivity index (χ0) is 13.8. The van der Waals surface area contributed by atoms with Crippen LogP contribution in [0.3, 0.4) is 0 Å². The summed E-state index contributed by atoms with van der Waals surface area (Å²) >= 11 is 0. The molecule has 0 amide bonds. The number of hydrogen-bond donors (Lipinski definition) is 1. The Morgan fingerprint density at radius 1 is 1.37 bits per heavy atom. The summed E-state index contributed by atoms with van der Waals surface area (Å²) in [6, 6.07) is 5.93. The summed E-state index contributed by atoms with van der Waals surface area (Å²) in [6.07, 6.45) is 2.62. The lowest BCUT2D eigenvalue weighted by Gasteiger charge is -2.13. The van der Waals surface area contributed by atoms with E-state index in [0.717, 1.165) is 35.6 Å². The van der Waals surface area contributed by atoms with Crippen LogP contribution in [0, 0.1) is 6.92 Å². The molecule has 0 aliphatic carbocycles. The number of aromatic nitrogens is 3. The molecule has 2 aromatic rings. The fourth-order valence-electron chi connectivity index (χ4n) is 2.27. The van der Waals surface area contributed by atoms with Gasteiger partial charge in [0.2, 0.25) is 0 Å². The van der Waals surface area contributed by atoms with Crippen molar-refractivity contribution >= 4 is 0 Å². The summed E-state index contributed by atoms with van der Waals surface area (Å²) in [7, 11) is 0. The van der Waals surface area contributed by atoms with Crippen LogP contribution < -0.4 is 0 Å². The minimum Gasteiger partial charge on any atom is -0.386 e. The maximum atomic E-state index is 10.4. The summed E-state index contributed by atoms with van der Waals surface area (Å²) < 4.78 is 1.96. The van der Waals surface area contributed by atoms with E-state index >= 15 is 0 Å². The number of pyridine rings is 1. The molecule has 0 aromatic carbocycles. The number of hydrogen-bond acceptors (Lipinski definition) is 3. The summed E-state index contributed by atoms with van der Waals surface area (Å²) in [4.78, 5) is 4.28. The lowest BCUT2D eigenvalue weighted by Crippen LogP contribution is -2.10. The summed E-state index contributed by atoms with van der Waals surface area (Å²) in [5.41, 5.74) is 3.91. The number of rotatable bonds is 5. The molecule has 2 heterocycles. The third-order valence-corrected chi connectivity index (χ3v) is 3.34. The zero-order valence-corrected chi connectivity index (χ0v) is 11.8. The van der Waals surface area contributed by atoms with Crippen LogP contribution in [0.5, 0.6) is 0 Å². The van der Waals surface area contributed by atoms with Gasteiger partial charge in [-0.25, -0.2) is 0 Å². The van der Waals surface area contributed by atoms with Crippen LogP contribution in [-0.4, -0.2) is 19.9 Å². The molecule has 0 saturated carbocycles. The smallest absolute Gasteiger partial charge is 0.102 e. The highest BCUT2D eigenvalue weighted by Crippen LogP contribution is 2.20. The van der Waals surface area contributed by atoms with Gasteiger partial charge in [-0.15, -0.1) is 0 Å². The molecule has 2 aromatic heterocycles. The Morgan fingerprint density at radius 2 is 2.16 bits per heavy atom. The van der Waals surface area contributed by atoms with Crippen molar-refractivity contribution in [1.29, 1.82) is 0 Å². The van der Waals surface area contributed by atoms with Gasteiger partial charge in [-0.2, -0.15) is 5.10 Å². The van der Waals surface area contributed by atoms with Crippen molar-refractivity contribution in [1.82, 2.24) is 14.8 Å². The van der Waals surface area contributed by atoms with Crippen molar-refractivity contribution in [2.75, 3.05) is 0 Å². The van der Waals surface area contributed by atoms with Gasteiger partial charge in [-0.3, -0.25) is 9.67 Å². The molecule has 0 saturated heterocycles. The van der Waals surface area contributed by atoms with E-state index in [1.54, 1.807) is 6.20 Å². The van der Waals surface area contributed by atoms with Crippen LogP contribution in [0.15, 0.2) is 24.4 Å². The Balaban J connectivity index is 2.21. The van der Waals surface area contributed by atoms with E-state index in [0.29, 0.717) is 6.42 Å². The summed E-state index contributed by atoms with van der Waals surface area (Å²) in [5, 5.41) is 14.9. The Bertz CT molecular complexity index is 548. The first-order valence-electron chi connectivity index (χ1n) is 6.80. The molecule has 2 rings (SSSR count). The average Bonchev–Trinajstić information content (AvgIpc) is 2.81. The molecule has 0 aliphatic rings. The quantitative estimate of drug-likeness (QED) is 0.897. The third kappa shape index (κ3) is 3.01. The van der Waals surface area contributed by atoms with Gasteiger partial charge in [0.15, 0.2) is 0 Å². The molecule has 0 radical (unpaired) electrons. The lowest BCUT2D eigenvalue weighted by molar-refractivity contribution is 0.170. The molecule has 1 N–H and O–H groups in total. The van der Waals surface area contributed by atoms with Crippen molar-refractivity contribution < 1.29 is 5.11 Å². The zero-order valence-electron chi connectivity index (χ0n) is 11.8. The molecule has 0 aliphatic heterocycles. The summed E-state index contributed by atoms with van der Waals surface area (Å²) in [6.45, 7) is 6.95. The fraction of sp³-hybridized carbons (Fsp3) is 0.467. The standard InChI is InChI=1S/C15H21N3O/c1-4-12-9-13(18(5-2)17-12)10-14(19)15-11(3)7-6-8-16-15/h6-9,14,19H,4-5,10H2,1-3H3. The lowest BCUT2D eigenvalue weighted by atomic mass is 10.1. The Morgan fingerprint density at radius 3 is 2.79 bits per heavy atom. The topological polar surface area (TPSA) is 50.9 Å². The van der Waals surface area contributed by atoms with Gasteiger partial charge in [-0.05, 0) is 38.0 Å². The van der Waals surface area contributed by atoms with Gasteiger partial charge in [0, 0.05) is 24.9 Å². The van der Waals surface area contributed by atoms with E-state index in [9.17, 15) is 5.11 Å². The molecule has 102 valence electrons. The molecule has 0 fully saturated rings. The minimum atomic E-state index is -0.576.